The van der Waals surface area contributed by atoms with E-state index in [0.29, 0.717) is 67.9 Å². The number of nitrogens with one attached hydrogen (secondary N) is 5. The average molecular weight is 1680 g/mol. The van der Waals surface area contributed by atoms with Crippen LogP contribution >= 0.6 is 0 Å². The number of nitrogens with zero attached hydrogens (tertiary/aromatic N) is 4. The van der Waals surface area contributed by atoms with Crippen LogP contribution in [0, 0.1) is 23.5 Å². The van der Waals surface area contributed by atoms with Gasteiger partial charge in [-0.3, -0.25) is 57.5 Å². The van der Waals surface area contributed by atoms with Gasteiger partial charge in [-0.25, -0.2) is 13.6 Å². The summed E-state index contributed by atoms with van der Waals surface area (Å²) in [6, 6.07) is 19.9. The lowest BCUT2D eigenvalue weighted by molar-refractivity contribution is -0.146. The van der Waals surface area contributed by atoms with E-state index in [2.05, 4.69) is 26.6 Å². The second-order valence-corrected chi connectivity index (χ2v) is 31.0. The van der Waals surface area contributed by atoms with Gasteiger partial charge in [0.15, 0.2) is 57.7 Å². The molecule has 4 aliphatic rings. The minimum atomic E-state index is -1.37. The Kier molecular flexibility index (Phi) is 33.7. The number of hydrogen-bond donors (Lipinski definition) is 8. The Morgan fingerprint density at radius 3 is 1.10 bits per heavy atom. The number of methoxy groups -OCH3 is 4. The summed E-state index contributed by atoms with van der Waals surface area (Å²) in [7, 11) is 11.0. The maximum atomic E-state index is 14.9. The molecule has 0 saturated heterocycles. The van der Waals surface area contributed by atoms with Gasteiger partial charge in [0.1, 0.15) is 59.4 Å². The molecule has 0 aliphatic carbocycles. The highest BCUT2D eigenvalue weighted by Crippen LogP contribution is 2.37. The predicted molar refractivity (Wildman–Crippen MR) is 438 cm³/mol. The van der Waals surface area contributed by atoms with E-state index < -0.39 is 179 Å². The number of benzene rings is 6. The van der Waals surface area contributed by atoms with Crippen molar-refractivity contribution in [3.05, 3.63) is 166 Å². The van der Waals surface area contributed by atoms with Gasteiger partial charge < -0.3 is 95.3 Å². The highest BCUT2D eigenvalue weighted by molar-refractivity contribution is 5.99. The zero-order valence-electron chi connectivity index (χ0n) is 70.8. The number of carboxylic acids is 2. The molecule has 0 saturated carbocycles. The zero-order chi connectivity index (χ0) is 89.8. The van der Waals surface area contributed by atoms with Crippen molar-refractivity contribution in [2.45, 2.75) is 180 Å². The molecule has 32 nitrogen and oxygen atoms in total. The van der Waals surface area contributed by atoms with E-state index in [-0.39, 0.29) is 50.0 Å². The fraction of sp³-hybridized carbons (Fsp3) is 0.437. The van der Waals surface area contributed by atoms with E-state index >= 15 is 0 Å². The maximum Gasteiger partial charge on any atom is 0.408 e. The largest absolute Gasteiger partial charge is 0.494 e. The van der Waals surface area contributed by atoms with Gasteiger partial charge in [0.2, 0.25) is 47.3 Å². The van der Waals surface area contributed by atoms with E-state index in [1.165, 1.54) is 132 Å². The molecule has 34 heteroatoms. The lowest BCUT2D eigenvalue weighted by atomic mass is 9.89. The van der Waals surface area contributed by atoms with Crippen LogP contribution < -0.4 is 60.7 Å². The summed E-state index contributed by atoms with van der Waals surface area (Å²) >= 11 is 0. The average Bonchev–Trinajstić information content (AvgIpc) is 0.823. The third-order valence-corrected chi connectivity index (χ3v) is 20.5. The number of aliphatic carboxylic acids is 2. The van der Waals surface area contributed by atoms with Gasteiger partial charge >= 0.3 is 18.0 Å². The molecule has 8 bridgehead atoms. The van der Waals surface area contributed by atoms with Crippen LogP contribution in [-0.2, 0) is 101 Å². The molecule has 12 atom stereocenters. The lowest BCUT2D eigenvalue weighted by Gasteiger charge is -2.33. The third kappa shape index (κ3) is 26.4. The molecule has 9 N–H and O–H groups in total. The van der Waals surface area contributed by atoms with Crippen molar-refractivity contribution in [3.8, 4) is 46.0 Å². The Balaban J connectivity index is 0.000000335. The number of carbonyl (C=O) groups is 13. The summed E-state index contributed by atoms with van der Waals surface area (Å²) in [5.74, 6) is -10.4. The van der Waals surface area contributed by atoms with Crippen molar-refractivity contribution < 1.29 is 114 Å². The van der Waals surface area contributed by atoms with E-state index in [4.69, 9.17) is 38.9 Å². The SMILES string of the molecule is COc1ccc(C[C@@H](C(=O)N[C@@H](C)C(=O)N(C)[C@H]2Cc3ccc(cc3)Oc3cc(ccc3OC)C[C@@H](C(=O)O)CC2=O)N(C)C(=O)[C@H](C)NC(=O)[C@@H](C)N)cc1F.COc1ccc(C[C@@H](C(=O)N[C@@H](C)C(=O)N(C)[C@H]2Cc3ccc(cc3)Oc3cc(ccc3OC)C[C@@H](C(=O)O)CC2=O)N(C)C(=O)[C@H](C)NC(=O)[C@@H](C)NC(=O)OC(C)(C)C)cc1F. The van der Waals surface area contributed by atoms with Crippen molar-refractivity contribution in [3.63, 3.8) is 0 Å². The van der Waals surface area contributed by atoms with Crippen molar-refractivity contribution in [1.82, 2.24) is 46.2 Å². The molecule has 0 radical (unpaired) electrons. The monoisotopic (exact) mass is 1680 g/mol. The number of halogens is 2. The first-order chi connectivity index (χ1) is 56.9. The van der Waals surface area contributed by atoms with E-state index in [1.807, 2.05) is 0 Å². The number of amides is 9. The first-order valence-corrected chi connectivity index (χ1v) is 39.0. The molecule has 4 aliphatic heterocycles. The van der Waals surface area contributed by atoms with Gasteiger partial charge in [-0.2, -0.15) is 0 Å². The molecule has 121 heavy (non-hydrogen) atoms. The minimum absolute atomic E-state index is 0.00138. The van der Waals surface area contributed by atoms with Crippen molar-refractivity contribution >= 4 is 76.9 Å². The molecule has 6 aromatic carbocycles. The number of hydrogen-bond acceptors (Lipinski definition) is 21. The molecule has 0 fully saturated rings. The number of ketones is 2. The quantitative estimate of drug-likeness (QED) is 0.0261. The van der Waals surface area contributed by atoms with Crippen LogP contribution in [0.15, 0.2) is 121 Å². The van der Waals surface area contributed by atoms with Gasteiger partial charge in [0.05, 0.1) is 58.4 Å². The first kappa shape index (κ1) is 95.4. The van der Waals surface area contributed by atoms with Crippen LogP contribution in [0.1, 0.15) is 109 Å². The number of ether oxygens (including phenoxy) is 7. The van der Waals surface area contributed by atoms with Gasteiger partial charge in [-0.15, -0.1) is 0 Å². The topological polar surface area (TPSA) is 426 Å². The summed E-state index contributed by atoms with van der Waals surface area (Å²) in [6.07, 6.45) is -2.09. The molecule has 0 spiro atoms. The number of carboxylic acid groups (broad SMARTS) is 2. The molecular weight excluding hydrogens is 1580 g/mol. The first-order valence-electron chi connectivity index (χ1n) is 39.0. The highest BCUT2D eigenvalue weighted by Gasteiger charge is 2.40. The van der Waals surface area contributed by atoms with Crippen LogP contribution in [0.5, 0.6) is 46.0 Å². The van der Waals surface area contributed by atoms with Gasteiger partial charge in [-0.05, 0) is 194 Å². The fourth-order valence-electron chi connectivity index (χ4n) is 13.6. The normalized spacial score (nSPS) is 17.1. The summed E-state index contributed by atoms with van der Waals surface area (Å²) in [4.78, 5) is 179. The van der Waals surface area contributed by atoms with Gasteiger partial charge in [-0.1, -0.05) is 48.5 Å². The van der Waals surface area contributed by atoms with Crippen LogP contribution in [0.4, 0.5) is 13.6 Å². The molecule has 0 unspecified atom stereocenters. The van der Waals surface area contributed by atoms with Crippen LogP contribution in [0.2, 0.25) is 0 Å². The van der Waals surface area contributed by atoms with Crippen LogP contribution in [-0.4, -0.2) is 229 Å². The zero-order valence-corrected chi connectivity index (χ0v) is 70.8. The number of nitrogens with two attached hydrogens (primary N) is 1. The van der Waals surface area contributed by atoms with Crippen molar-refractivity contribution in [1.29, 1.82) is 0 Å². The Hall–Kier alpha value is -12.8. The molecule has 4 heterocycles. The van der Waals surface area contributed by atoms with Crippen molar-refractivity contribution in [2.24, 2.45) is 17.6 Å². The Morgan fingerprint density at radius 1 is 0.438 bits per heavy atom. The van der Waals surface area contributed by atoms with E-state index in [9.17, 15) is 81.3 Å². The Bertz CT molecular complexity index is 4770. The second-order valence-electron chi connectivity index (χ2n) is 31.0. The van der Waals surface area contributed by atoms with Gasteiger partial charge in [0.25, 0.3) is 0 Å². The molecule has 6 aromatic rings. The molecule has 0 aromatic heterocycles. The van der Waals surface area contributed by atoms with E-state index in [0.717, 1.165) is 21.9 Å². The highest BCUT2D eigenvalue weighted by atomic mass is 19.1. The Labute approximate surface area is 700 Å². The predicted octanol–water partition coefficient (Wildman–Crippen LogP) is 6.86. The minimum Gasteiger partial charge on any atom is -0.494 e. The number of carbonyl (C=O) groups excluding carboxylic acids is 11. The molecule has 10 rings (SSSR count). The van der Waals surface area contributed by atoms with Crippen LogP contribution in [0.25, 0.3) is 0 Å². The molecular formula is C87H108F2N10O22. The Morgan fingerprint density at radius 2 is 0.769 bits per heavy atom. The fourth-order valence-corrected chi connectivity index (χ4v) is 13.6. The summed E-state index contributed by atoms with van der Waals surface area (Å²) in [5, 5.41) is 33.1. The summed E-state index contributed by atoms with van der Waals surface area (Å²) in [5.41, 5.74) is 7.91. The second kappa shape index (κ2) is 42.8. The number of alkyl carbamates (subject to hydrolysis) is 1. The maximum absolute atomic E-state index is 14.9. The number of rotatable bonds is 27. The smallest absolute Gasteiger partial charge is 0.408 e. The lowest BCUT2D eigenvalue weighted by Crippen LogP contribution is -2.58. The van der Waals surface area contributed by atoms with Crippen molar-refractivity contribution in [2.75, 3.05) is 56.6 Å². The summed E-state index contributed by atoms with van der Waals surface area (Å²) < 4.78 is 67.8. The van der Waals surface area contributed by atoms with E-state index in [1.54, 1.807) is 106 Å². The standard InChI is InChI=1S/C46H58FN5O12.C41H50FN5O10/c1-25(50-45(60)64-46(4,5)6)40(54)48-26(2)43(57)52(8)35(22-30-13-17-37(61-9)33(47)20-30)41(55)49-27(3)42(56)51(7)34-21-28-11-15-32(16-12-28)63-39-23-29(14-18-38(39)62-10)19-31(44(58)59)24-36(34)53;1-22(43)37(49)44-23(2)40(52)47(5)32(19-27-10-14-34(55-6)30(42)17-27)38(50)45-24(3)39(51)46(4)31-18-25-8-12-29(13-9-25)57-36-20-26(11-15-35(36)56-7)16-28(41(53)54)21-33(31)48/h11-18,20,23,25-27,31,34-35H,19,21-22,24H2,1-10H3,(H,48,54)(H,49,55)(H,50,60)(H,58,59);8-15,17,20,22-24,28,31-32H,16,18-19,21,43H2,1-7H3,(H,44,49)(H,45,50)(H,53,54)/t25-,26+,27+,31-,34+,35+;22-,23+,24+,28-,31+,32+/m11/s1. The summed E-state index contributed by atoms with van der Waals surface area (Å²) in [6.45, 7) is 13.4. The number of likely N-dealkylation sites (N-methyl/N-ethyl adjacent to an activating group) is 4. The molecule has 9 amide bonds. The molecule has 652 valence electrons. The van der Waals surface area contributed by atoms with Crippen LogP contribution in [0.3, 0.4) is 0 Å². The number of Topliss-reactive ketones (excluding diaryl/α,β-unsaturated/α-hetero) is 2. The van der Waals surface area contributed by atoms with Gasteiger partial charge in [0, 0.05) is 53.9 Å². The number of fused-ring (bicyclic) bond motifs is 14. The third-order valence-electron chi connectivity index (χ3n) is 20.5.